The van der Waals surface area contributed by atoms with Gasteiger partial charge in [-0.2, -0.15) is 0 Å². The summed E-state index contributed by atoms with van der Waals surface area (Å²) in [7, 11) is 0. The van der Waals surface area contributed by atoms with Crippen molar-refractivity contribution in [2.75, 3.05) is 23.3 Å². The molecule has 3 aromatic rings. The molecule has 0 radical (unpaired) electrons. The highest BCUT2D eigenvalue weighted by atomic mass is 16.2. The number of nitrogens with zero attached hydrogens (tertiary/aromatic N) is 1. The zero-order chi connectivity index (χ0) is 15.6. The van der Waals surface area contributed by atoms with Crippen LogP contribution in [0.5, 0.6) is 0 Å². The molecule has 1 aliphatic heterocycles. The number of carbonyl (C=O) groups is 1. The molecule has 1 aliphatic rings. The van der Waals surface area contributed by atoms with Gasteiger partial charge in [-0.15, -0.1) is 0 Å². The van der Waals surface area contributed by atoms with E-state index in [2.05, 4.69) is 29.6 Å². The molecule has 1 N–H and O–H groups in total. The summed E-state index contributed by atoms with van der Waals surface area (Å²) in [6.45, 7) is 1.08. The van der Waals surface area contributed by atoms with Crippen molar-refractivity contribution in [1.29, 1.82) is 0 Å². The van der Waals surface area contributed by atoms with Crippen molar-refractivity contribution >= 4 is 28.1 Å². The first kappa shape index (κ1) is 13.8. The van der Waals surface area contributed by atoms with Crippen LogP contribution in [0.2, 0.25) is 0 Å². The van der Waals surface area contributed by atoms with Gasteiger partial charge in [0.05, 0.1) is 6.54 Å². The molecule has 4 rings (SSSR count). The largest absolute Gasteiger partial charge is 0.376 e. The first-order chi connectivity index (χ1) is 11.3. The molecular weight excluding hydrogens is 284 g/mol. The summed E-state index contributed by atoms with van der Waals surface area (Å²) < 4.78 is 0. The highest BCUT2D eigenvalue weighted by molar-refractivity contribution is 6.00. The zero-order valence-corrected chi connectivity index (χ0v) is 12.8. The van der Waals surface area contributed by atoms with E-state index in [1.807, 2.05) is 47.4 Å². The number of nitrogens with one attached hydrogen (secondary N) is 1. The summed E-state index contributed by atoms with van der Waals surface area (Å²) in [5.74, 6) is 0.114. The van der Waals surface area contributed by atoms with Crippen molar-refractivity contribution in [1.82, 2.24) is 0 Å². The monoisotopic (exact) mass is 302 g/mol. The Morgan fingerprint density at radius 2 is 1.74 bits per heavy atom. The molecule has 0 aliphatic carbocycles. The molecule has 0 saturated heterocycles. The van der Waals surface area contributed by atoms with Crippen LogP contribution in [-0.2, 0) is 11.2 Å². The number of para-hydroxylation sites is 1. The lowest BCUT2D eigenvalue weighted by Gasteiger charge is -2.18. The van der Waals surface area contributed by atoms with Crippen molar-refractivity contribution < 1.29 is 4.79 Å². The van der Waals surface area contributed by atoms with E-state index in [1.165, 1.54) is 10.9 Å². The number of amides is 1. The van der Waals surface area contributed by atoms with Crippen LogP contribution >= 0.6 is 0 Å². The number of hydrogen-bond acceptors (Lipinski definition) is 2. The first-order valence-corrected chi connectivity index (χ1v) is 7.93. The zero-order valence-electron chi connectivity index (χ0n) is 12.8. The molecule has 0 bridgehead atoms. The van der Waals surface area contributed by atoms with Gasteiger partial charge in [0.2, 0.25) is 5.91 Å². The van der Waals surface area contributed by atoms with E-state index >= 15 is 0 Å². The summed E-state index contributed by atoms with van der Waals surface area (Å²) >= 11 is 0. The average Bonchev–Trinajstić information content (AvgIpc) is 3.04. The third-order valence-electron chi connectivity index (χ3n) is 4.41. The Labute approximate surface area is 135 Å². The molecule has 1 heterocycles. The minimum Gasteiger partial charge on any atom is -0.376 e. The lowest BCUT2D eigenvalue weighted by atomic mass is 10.1. The maximum atomic E-state index is 12.6. The van der Waals surface area contributed by atoms with E-state index < -0.39 is 0 Å². The van der Waals surface area contributed by atoms with Crippen molar-refractivity contribution in [2.24, 2.45) is 0 Å². The summed E-state index contributed by atoms with van der Waals surface area (Å²) in [5.41, 5.74) is 3.31. The smallest absolute Gasteiger partial charge is 0.246 e. The molecule has 0 fully saturated rings. The minimum absolute atomic E-state index is 0.114. The average molecular weight is 302 g/mol. The van der Waals surface area contributed by atoms with Crippen molar-refractivity contribution in [3.05, 3.63) is 72.3 Å². The minimum atomic E-state index is 0.114. The van der Waals surface area contributed by atoms with Crippen LogP contribution in [0.1, 0.15) is 5.56 Å². The Morgan fingerprint density at radius 3 is 2.70 bits per heavy atom. The Kier molecular flexibility index (Phi) is 3.46. The first-order valence-electron chi connectivity index (χ1n) is 7.93. The van der Waals surface area contributed by atoms with Crippen LogP contribution in [-0.4, -0.2) is 19.0 Å². The van der Waals surface area contributed by atoms with Crippen LogP contribution in [0.25, 0.3) is 10.8 Å². The Morgan fingerprint density at radius 1 is 0.957 bits per heavy atom. The lowest BCUT2D eigenvalue weighted by Crippen LogP contribution is -2.34. The molecule has 0 atom stereocenters. The van der Waals surface area contributed by atoms with E-state index in [0.29, 0.717) is 6.54 Å². The number of rotatable bonds is 3. The summed E-state index contributed by atoms with van der Waals surface area (Å²) in [4.78, 5) is 14.5. The number of benzene rings is 3. The molecule has 0 spiro atoms. The second kappa shape index (κ2) is 5.76. The van der Waals surface area contributed by atoms with Crippen molar-refractivity contribution in [3.63, 3.8) is 0 Å². The molecule has 3 aromatic carbocycles. The molecule has 3 nitrogen and oxygen atoms in total. The molecular formula is C20H18N2O. The fraction of sp³-hybridized carbons (Fsp3) is 0.150. The van der Waals surface area contributed by atoms with Crippen LogP contribution in [0.3, 0.4) is 0 Å². The van der Waals surface area contributed by atoms with Crippen molar-refractivity contribution in [2.45, 2.75) is 6.42 Å². The predicted octanol–water partition coefficient (Wildman–Crippen LogP) is 3.84. The highest BCUT2D eigenvalue weighted by Crippen LogP contribution is 2.28. The lowest BCUT2D eigenvalue weighted by molar-refractivity contribution is -0.116. The summed E-state index contributed by atoms with van der Waals surface area (Å²) in [6, 6.07) is 22.5. The quantitative estimate of drug-likeness (QED) is 0.797. The maximum Gasteiger partial charge on any atom is 0.246 e. The van der Waals surface area contributed by atoms with E-state index in [0.717, 1.165) is 29.7 Å². The van der Waals surface area contributed by atoms with E-state index in [-0.39, 0.29) is 5.91 Å². The Balaban J connectivity index is 1.52. The van der Waals surface area contributed by atoms with Gasteiger partial charge in [-0.3, -0.25) is 4.79 Å². The second-order valence-electron chi connectivity index (χ2n) is 5.80. The van der Waals surface area contributed by atoms with Crippen LogP contribution in [0.15, 0.2) is 66.7 Å². The number of hydrogen-bond donors (Lipinski definition) is 1. The van der Waals surface area contributed by atoms with Gasteiger partial charge in [0.15, 0.2) is 0 Å². The molecule has 23 heavy (non-hydrogen) atoms. The second-order valence-corrected chi connectivity index (χ2v) is 5.80. The van der Waals surface area contributed by atoms with E-state index in [4.69, 9.17) is 0 Å². The van der Waals surface area contributed by atoms with Gasteiger partial charge >= 0.3 is 0 Å². The predicted molar refractivity (Wildman–Crippen MR) is 94.9 cm³/mol. The fourth-order valence-corrected chi connectivity index (χ4v) is 3.24. The number of anilines is 2. The summed E-state index contributed by atoms with van der Waals surface area (Å²) in [5, 5.41) is 5.62. The van der Waals surface area contributed by atoms with E-state index in [1.54, 1.807) is 0 Å². The standard InChI is InChI=1S/C20H18N2O/c23-20(22-13-12-16-7-2-4-11-19(16)22)14-21-18-10-5-8-15-6-1-3-9-17(15)18/h1-11,21H,12-14H2. The molecule has 0 unspecified atom stereocenters. The van der Waals surface area contributed by atoms with Crippen LogP contribution in [0.4, 0.5) is 11.4 Å². The van der Waals surface area contributed by atoms with E-state index in [9.17, 15) is 4.79 Å². The molecule has 3 heteroatoms. The fourth-order valence-electron chi connectivity index (χ4n) is 3.24. The van der Waals surface area contributed by atoms with Gasteiger partial charge in [-0.05, 0) is 29.5 Å². The summed E-state index contributed by atoms with van der Waals surface area (Å²) in [6.07, 6.45) is 0.941. The normalized spacial score (nSPS) is 13.1. The highest BCUT2D eigenvalue weighted by Gasteiger charge is 2.23. The van der Waals surface area contributed by atoms with Crippen LogP contribution in [0, 0.1) is 0 Å². The van der Waals surface area contributed by atoms with Crippen molar-refractivity contribution in [3.8, 4) is 0 Å². The van der Waals surface area contributed by atoms with Gasteiger partial charge in [0.1, 0.15) is 0 Å². The van der Waals surface area contributed by atoms with Gasteiger partial charge in [-0.25, -0.2) is 0 Å². The SMILES string of the molecule is O=C(CNc1cccc2ccccc12)N1CCc2ccccc21. The topological polar surface area (TPSA) is 32.3 Å². The maximum absolute atomic E-state index is 12.6. The number of fused-ring (bicyclic) bond motifs is 2. The number of carbonyl (C=O) groups excluding carboxylic acids is 1. The van der Waals surface area contributed by atoms with Gasteiger partial charge in [-0.1, -0.05) is 54.6 Å². The van der Waals surface area contributed by atoms with Gasteiger partial charge in [0.25, 0.3) is 0 Å². The van der Waals surface area contributed by atoms with Crippen LogP contribution < -0.4 is 10.2 Å². The Bertz CT molecular complexity index is 867. The third-order valence-corrected chi connectivity index (χ3v) is 4.41. The third kappa shape index (κ3) is 2.55. The van der Waals surface area contributed by atoms with Gasteiger partial charge in [0, 0.05) is 23.3 Å². The molecule has 114 valence electrons. The van der Waals surface area contributed by atoms with Gasteiger partial charge < -0.3 is 10.2 Å². The molecule has 0 aromatic heterocycles. The molecule has 1 amide bonds. The Hall–Kier alpha value is -2.81. The molecule has 0 saturated carbocycles.